The summed E-state index contributed by atoms with van der Waals surface area (Å²) in [4.78, 5) is 22.4. The molecule has 4 nitrogen and oxygen atoms in total. The van der Waals surface area contributed by atoms with Gasteiger partial charge in [-0.1, -0.05) is 0 Å². The van der Waals surface area contributed by atoms with Crippen molar-refractivity contribution in [3.63, 3.8) is 0 Å². The molecule has 0 saturated heterocycles. The number of hydrogen-bond acceptors (Lipinski definition) is 2. The first-order valence-electron chi connectivity index (χ1n) is 4.31. The van der Waals surface area contributed by atoms with Crippen LogP contribution in [0.2, 0.25) is 0 Å². The van der Waals surface area contributed by atoms with Crippen molar-refractivity contribution in [2.75, 3.05) is 0 Å². The summed E-state index contributed by atoms with van der Waals surface area (Å²) < 4.78 is 1.67. The molecule has 2 rings (SSSR count). The van der Waals surface area contributed by atoms with E-state index in [-0.39, 0.29) is 11.2 Å². The van der Waals surface area contributed by atoms with Crippen LogP contribution in [0.25, 0.3) is 5.52 Å². The lowest BCUT2D eigenvalue weighted by Gasteiger charge is -1.94. The highest BCUT2D eigenvalue weighted by Crippen LogP contribution is 2.05. The Hall–Kier alpha value is -1.84. The molecule has 0 aliphatic heterocycles. The standard InChI is InChI=1S/C10H10N2O2/c1-6-5-12-8(4-10(6)14)3-9(11-12)7(2)13/h3-5,11H,1-2H3. The first kappa shape index (κ1) is 8.74. The highest BCUT2D eigenvalue weighted by molar-refractivity contribution is 5.93. The van der Waals surface area contributed by atoms with E-state index in [0.29, 0.717) is 16.8 Å². The highest BCUT2D eigenvalue weighted by atomic mass is 16.1. The fourth-order valence-electron chi connectivity index (χ4n) is 1.35. The van der Waals surface area contributed by atoms with Crippen molar-refractivity contribution in [2.24, 2.45) is 0 Å². The van der Waals surface area contributed by atoms with Gasteiger partial charge in [0.2, 0.25) is 0 Å². The van der Waals surface area contributed by atoms with Gasteiger partial charge in [0.05, 0.1) is 11.2 Å². The van der Waals surface area contributed by atoms with Crippen LogP contribution in [0.1, 0.15) is 23.0 Å². The van der Waals surface area contributed by atoms with Gasteiger partial charge >= 0.3 is 0 Å². The van der Waals surface area contributed by atoms with Gasteiger partial charge in [0.15, 0.2) is 11.2 Å². The molecule has 0 amide bonds. The Balaban J connectivity index is 2.78. The molecule has 0 unspecified atom stereocenters. The predicted molar refractivity (Wildman–Crippen MR) is 52.8 cm³/mol. The molecule has 2 heterocycles. The van der Waals surface area contributed by atoms with Gasteiger partial charge in [-0.2, -0.15) is 0 Å². The minimum absolute atomic E-state index is 0.0147. The molecular weight excluding hydrogens is 180 g/mol. The largest absolute Gasteiger partial charge is 0.293 e. The van der Waals surface area contributed by atoms with E-state index < -0.39 is 0 Å². The van der Waals surface area contributed by atoms with Crippen molar-refractivity contribution >= 4 is 11.3 Å². The van der Waals surface area contributed by atoms with Gasteiger partial charge in [-0.05, 0) is 13.0 Å². The first-order valence-corrected chi connectivity index (χ1v) is 4.31. The Labute approximate surface area is 80.2 Å². The van der Waals surface area contributed by atoms with Crippen LogP contribution in [-0.4, -0.2) is 15.4 Å². The van der Waals surface area contributed by atoms with Crippen molar-refractivity contribution in [3.05, 3.63) is 39.8 Å². The molecule has 0 spiro atoms. The number of ketones is 1. The van der Waals surface area contributed by atoms with Crippen LogP contribution in [0.4, 0.5) is 0 Å². The zero-order valence-corrected chi connectivity index (χ0v) is 8.00. The van der Waals surface area contributed by atoms with E-state index in [1.165, 1.54) is 13.0 Å². The number of carbonyl (C=O) groups excluding carboxylic acids is 1. The molecule has 0 radical (unpaired) electrons. The number of rotatable bonds is 1. The second kappa shape index (κ2) is 2.83. The van der Waals surface area contributed by atoms with E-state index in [1.54, 1.807) is 23.7 Å². The summed E-state index contributed by atoms with van der Waals surface area (Å²) in [5.41, 5.74) is 1.86. The number of H-pyrrole nitrogens is 1. The van der Waals surface area contributed by atoms with Crippen molar-refractivity contribution in [3.8, 4) is 0 Å². The molecule has 2 aromatic heterocycles. The number of Topliss-reactive ketones (excluding diaryl/α,β-unsaturated/α-hetero) is 1. The van der Waals surface area contributed by atoms with Crippen molar-refractivity contribution < 1.29 is 4.79 Å². The summed E-state index contributed by atoms with van der Waals surface area (Å²) in [5, 5.41) is 2.89. The molecule has 0 atom stereocenters. The zero-order valence-electron chi connectivity index (χ0n) is 8.00. The van der Waals surface area contributed by atoms with Gasteiger partial charge in [0.25, 0.3) is 0 Å². The maximum absolute atomic E-state index is 11.3. The molecule has 14 heavy (non-hydrogen) atoms. The van der Waals surface area contributed by atoms with Crippen LogP contribution in [0.15, 0.2) is 23.1 Å². The van der Waals surface area contributed by atoms with Gasteiger partial charge < -0.3 is 0 Å². The monoisotopic (exact) mass is 190 g/mol. The number of nitrogens with zero attached hydrogens (tertiary/aromatic N) is 1. The fraction of sp³-hybridized carbons (Fsp3) is 0.200. The average molecular weight is 190 g/mol. The second-order valence-electron chi connectivity index (χ2n) is 3.34. The van der Waals surface area contributed by atoms with Gasteiger partial charge in [-0.3, -0.25) is 19.2 Å². The normalized spacial score (nSPS) is 10.7. The van der Waals surface area contributed by atoms with Crippen LogP contribution in [0.3, 0.4) is 0 Å². The molecule has 0 bridgehead atoms. The summed E-state index contributed by atoms with van der Waals surface area (Å²) in [6.07, 6.45) is 1.68. The van der Waals surface area contributed by atoms with Gasteiger partial charge in [-0.15, -0.1) is 0 Å². The number of aromatic nitrogens is 2. The summed E-state index contributed by atoms with van der Waals surface area (Å²) in [6, 6.07) is 3.18. The number of nitrogens with one attached hydrogen (secondary N) is 1. The van der Waals surface area contributed by atoms with E-state index in [4.69, 9.17) is 0 Å². The molecule has 0 fully saturated rings. The van der Waals surface area contributed by atoms with Crippen molar-refractivity contribution in [1.29, 1.82) is 0 Å². The Kier molecular flexibility index (Phi) is 1.77. The number of pyridine rings is 1. The number of aryl methyl sites for hydroxylation is 1. The van der Waals surface area contributed by atoms with Crippen LogP contribution >= 0.6 is 0 Å². The lowest BCUT2D eigenvalue weighted by molar-refractivity contribution is 0.101. The van der Waals surface area contributed by atoms with Crippen LogP contribution in [0, 0.1) is 6.92 Å². The number of carbonyl (C=O) groups is 1. The van der Waals surface area contributed by atoms with E-state index >= 15 is 0 Å². The van der Waals surface area contributed by atoms with Gasteiger partial charge in [0, 0.05) is 24.8 Å². The van der Waals surface area contributed by atoms with E-state index in [9.17, 15) is 9.59 Å². The van der Waals surface area contributed by atoms with E-state index in [0.717, 1.165) is 0 Å². The number of hydrogen-bond donors (Lipinski definition) is 1. The van der Waals surface area contributed by atoms with Crippen molar-refractivity contribution in [2.45, 2.75) is 13.8 Å². The van der Waals surface area contributed by atoms with Crippen molar-refractivity contribution in [1.82, 2.24) is 9.61 Å². The van der Waals surface area contributed by atoms with Crippen LogP contribution in [0.5, 0.6) is 0 Å². The Morgan fingerprint density at radius 3 is 2.79 bits per heavy atom. The minimum atomic E-state index is -0.0428. The second-order valence-corrected chi connectivity index (χ2v) is 3.34. The molecular formula is C10H10N2O2. The smallest absolute Gasteiger partial charge is 0.185 e. The summed E-state index contributed by atoms with van der Waals surface area (Å²) in [6.45, 7) is 3.22. The molecule has 0 aliphatic rings. The molecule has 72 valence electrons. The molecule has 1 N–H and O–H groups in total. The maximum Gasteiger partial charge on any atom is 0.185 e. The van der Waals surface area contributed by atoms with E-state index in [2.05, 4.69) is 5.10 Å². The topological polar surface area (TPSA) is 54.3 Å². The minimum Gasteiger partial charge on any atom is -0.293 e. The molecule has 0 aliphatic carbocycles. The molecule has 4 heteroatoms. The fourth-order valence-corrected chi connectivity index (χ4v) is 1.35. The van der Waals surface area contributed by atoms with Crippen LogP contribution < -0.4 is 5.43 Å². The van der Waals surface area contributed by atoms with Crippen LogP contribution in [-0.2, 0) is 0 Å². The third-order valence-corrected chi connectivity index (χ3v) is 2.18. The SMILES string of the molecule is CC(=O)c1cc2cc(=O)c(C)cn2[nH]1. The third-order valence-electron chi connectivity index (χ3n) is 2.18. The lowest BCUT2D eigenvalue weighted by atomic mass is 10.2. The number of fused-ring (bicyclic) bond motifs is 1. The summed E-state index contributed by atoms with van der Waals surface area (Å²) >= 11 is 0. The average Bonchev–Trinajstić information content (AvgIpc) is 2.48. The predicted octanol–water partition coefficient (Wildman–Crippen LogP) is 1.14. The molecule has 0 aromatic carbocycles. The van der Waals surface area contributed by atoms with Gasteiger partial charge in [0.1, 0.15) is 0 Å². The van der Waals surface area contributed by atoms with Gasteiger partial charge in [-0.25, -0.2) is 0 Å². The Morgan fingerprint density at radius 2 is 2.14 bits per heavy atom. The quantitative estimate of drug-likeness (QED) is 0.685. The highest BCUT2D eigenvalue weighted by Gasteiger charge is 2.04. The first-order chi connectivity index (χ1) is 6.58. The third kappa shape index (κ3) is 1.25. The Bertz CT molecular complexity index is 563. The molecule has 0 saturated carbocycles. The summed E-state index contributed by atoms with van der Waals surface area (Å²) in [5.74, 6) is -0.0428. The lowest BCUT2D eigenvalue weighted by Crippen LogP contribution is -2.05. The molecule has 2 aromatic rings. The summed E-state index contributed by atoms with van der Waals surface area (Å²) in [7, 11) is 0. The maximum atomic E-state index is 11.3. The number of aromatic amines is 1. The Morgan fingerprint density at radius 1 is 1.43 bits per heavy atom. The zero-order chi connectivity index (χ0) is 10.3. The van der Waals surface area contributed by atoms with E-state index in [1.807, 2.05) is 0 Å².